The summed E-state index contributed by atoms with van der Waals surface area (Å²) >= 11 is 5.51. The SMILES string of the molecule is O=C(Nc1ccc(Cl)cc1C(F)(F)F)c1cc(=O)[nH][nH]1. The summed E-state index contributed by atoms with van der Waals surface area (Å²) in [5.41, 5.74) is -2.27. The van der Waals surface area contributed by atoms with E-state index in [2.05, 4.69) is 15.5 Å². The van der Waals surface area contributed by atoms with Crippen LogP contribution in [0.3, 0.4) is 0 Å². The van der Waals surface area contributed by atoms with Crippen LogP contribution in [0, 0.1) is 0 Å². The summed E-state index contributed by atoms with van der Waals surface area (Å²) in [6.07, 6.45) is -4.67. The molecule has 2 aromatic rings. The van der Waals surface area contributed by atoms with Crippen LogP contribution in [0.4, 0.5) is 18.9 Å². The van der Waals surface area contributed by atoms with Crippen molar-refractivity contribution in [2.45, 2.75) is 6.18 Å². The van der Waals surface area contributed by atoms with E-state index in [9.17, 15) is 22.8 Å². The molecule has 1 aromatic heterocycles. The Morgan fingerprint density at radius 1 is 1.20 bits per heavy atom. The second-order valence-electron chi connectivity index (χ2n) is 3.81. The summed E-state index contributed by atoms with van der Waals surface area (Å²) in [5.74, 6) is -0.879. The van der Waals surface area contributed by atoms with E-state index in [0.29, 0.717) is 6.07 Å². The molecule has 0 saturated heterocycles. The van der Waals surface area contributed by atoms with Gasteiger partial charge >= 0.3 is 6.18 Å². The molecule has 5 nitrogen and oxygen atoms in total. The maximum absolute atomic E-state index is 12.8. The zero-order valence-corrected chi connectivity index (χ0v) is 10.4. The number of aromatic amines is 2. The van der Waals surface area contributed by atoms with Gasteiger partial charge in [-0.25, -0.2) is 0 Å². The van der Waals surface area contributed by atoms with Crippen molar-refractivity contribution in [2.24, 2.45) is 0 Å². The lowest BCUT2D eigenvalue weighted by Gasteiger charge is -2.13. The van der Waals surface area contributed by atoms with Crippen molar-refractivity contribution >= 4 is 23.2 Å². The van der Waals surface area contributed by atoms with Crippen molar-refractivity contribution in [1.82, 2.24) is 10.2 Å². The number of carbonyl (C=O) groups is 1. The summed E-state index contributed by atoms with van der Waals surface area (Å²) in [4.78, 5) is 22.5. The molecule has 3 N–H and O–H groups in total. The minimum absolute atomic E-state index is 0.106. The smallest absolute Gasteiger partial charge is 0.320 e. The first-order valence-corrected chi connectivity index (χ1v) is 5.61. The Bertz CT molecular complexity index is 705. The average Bonchev–Trinajstić information content (AvgIpc) is 2.77. The third kappa shape index (κ3) is 3.02. The van der Waals surface area contributed by atoms with Gasteiger partial charge in [-0.05, 0) is 18.2 Å². The summed E-state index contributed by atoms with van der Waals surface area (Å²) < 4.78 is 38.4. The van der Waals surface area contributed by atoms with Gasteiger partial charge < -0.3 is 5.32 Å². The van der Waals surface area contributed by atoms with E-state index in [0.717, 1.165) is 12.1 Å². The van der Waals surface area contributed by atoms with Gasteiger partial charge in [0.25, 0.3) is 11.5 Å². The number of nitrogens with one attached hydrogen (secondary N) is 3. The molecule has 0 bridgehead atoms. The highest BCUT2D eigenvalue weighted by molar-refractivity contribution is 6.30. The molecule has 0 saturated carbocycles. The summed E-state index contributed by atoms with van der Waals surface area (Å²) in [7, 11) is 0. The van der Waals surface area contributed by atoms with E-state index in [4.69, 9.17) is 11.6 Å². The number of halogens is 4. The van der Waals surface area contributed by atoms with Gasteiger partial charge in [-0.15, -0.1) is 0 Å². The lowest BCUT2D eigenvalue weighted by atomic mass is 10.1. The predicted molar refractivity (Wildman–Crippen MR) is 65.8 cm³/mol. The predicted octanol–water partition coefficient (Wildman–Crippen LogP) is 2.63. The first kappa shape index (κ1) is 14.2. The van der Waals surface area contributed by atoms with E-state index >= 15 is 0 Å². The molecule has 1 aromatic carbocycles. The molecule has 0 aliphatic rings. The molecule has 2 rings (SSSR count). The molecule has 0 radical (unpaired) electrons. The highest BCUT2D eigenvalue weighted by atomic mass is 35.5. The number of hydrogen-bond donors (Lipinski definition) is 3. The van der Waals surface area contributed by atoms with E-state index in [1.165, 1.54) is 6.07 Å². The van der Waals surface area contributed by atoms with Crippen LogP contribution in [-0.2, 0) is 6.18 Å². The second kappa shape index (κ2) is 5.04. The van der Waals surface area contributed by atoms with Gasteiger partial charge in [0, 0.05) is 11.1 Å². The maximum atomic E-state index is 12.8. The fraction of sp³-hybridized carbons (Fsp3) is 0.0909. The lowest BCUT2D eigenvalue weighted by Crippen LogP contribution is -2.17. The van der Waals surface area contributed by atoms with Crippen molar-refractivity contribution in [3.05, 3.63) is 50.9 Å². The van der Waals surface area contributed by atoms with Gasteiger partial charge in [-0.2, -0.15) is 13.2 Å². The molecule has 106 valence electrons. The number of benzene rings is 1. The van der Waals surface area contributed by atoms with Crippen molar-refractivity contribution in [2.75, 3.05) is 5.32 Å². The Balaban J connectivity index is 2.34. The third-order valence-corrected chi connectivity index (χ3v) is 2.61. The van der Waals surface area contributed by atoms with Crippen LogP contribution < -0.4 is 10.9 Å². The number of rotatable bonds is 2. The quantitative estimate of drug-likeness (QED) is 0.797. The standard InChI is InChI=1S/C11H7ClF3N3O2/c12-5-1-2-7(6(3-5)11(13,14)15)16-10(20)8-4-9(19)18-17-8/h1-4H,(H,16,20)(H2,17,18,19). The monoisotopic (exact) mass is 305 g/mol. The Hall–Kier alpha value is -2.22. The Morgan fingerprint density at radius 3 is 2.45 bits per heavy atom. The van der Waals surface area contributed by atoms with Crippen LogP contribution in [0.25, 0.3) is 0 Å². The fourth-order valence-electron chi connectivity index (χ4n) is 1.50. The summed E-state index contributed by atoms with van der Waals surface area (Å²) in [6, 6.07) is 3.88. The molecular formula is C11H7ClF3N3O2. The van der Waals surface area contributed by atoms with E-state index in [1.54, 1.807) is 0 Å². The number of anilines is 1. The molecular weight excluding hydrogens is 299 g/mol. The van der Waals surface area contributed by atoms with Crippen LogP contribution in [-0.4, -0.2) is 16.1 Å². The van der Waals surface area contributed by atoms with Gasteiger partial charge in [0.1, 0.15) is 5.69 Å². The van der Waals surface area contributed by atoms with Gasteiger partial charge in [0.2, 0.25) is 0 Å². The largest absolute Gasteiger partial charge is 0.418 e. The zero-order valence-electron chi connectivity index (χ0n) is 9.64. The van der Waals surface area contributed by atoms with Crippen LogP contribution in [0.15, 0.2) is 29.1 Å². The van der Waals surface area contributed by atoms with Gasteiger partial charge in [-0.3, -0.25) is 19.8 Å². The van der Waals surface area contributed by atoms with E-state index in [1.807, 2.05) is 0 Å². The Morgan fingerprint density at radius 2 is 1.90 bits per heavy atom. The number of carbonyl (C=O) groups excluding carboxylic acids is 1. The normalized spacial score (nSPS) is 11.4. The van der Waals surface area contributed by atoms with Crippen molar-refractivity contribution in [3.63, 3.8) is 0 Å². The molecule has 0 fully saturated rings. The maximum Gasteiger partial charge on any atom is 0.418 e. The molecule has 0 spiro atoms. The van der Waals surface area contributed by atoms with Gasteiger partial charge in [0.15, 0.2) is 0 Å². The van der Waals surface area contributed by atoms with E-state index in [-0.39, 0.29) is 10.7 Å². The summed E-state index contributed by atoms with van der Waals surface area (Å²) in [6.45, 7) is 0. The van der Waals surface area contributed by atoms with Gasteiger partial charge in [0.05, 0.1) is 11.3 Å². The second-order valence-corrected chi connectivity index (χ2v) is 4.25. The zero-order chi connectivity index (χ0) is 14.9. The minimum Gasteiger partial charge on any atom is -0.320 e. The van der Waals surface area contributed by atoms with Crippen molar-refractivity contribution in [1.29, 1.82) is 0 Å². The fourth-order valence-corrected chi connectivity index (χ4v) is 1.68. The number of hydrogen-bond acceptors (Lipinski definition) is 2. The molecule has 20 heavy (non-hydrogen) atoms. The minimum atomic E-state index is -4.67. The van der Waals surface area contributed by atoms with Crippen molar-refractivity contribution in [3.8, 4) is 0 Å². The molecule has 9 heteroatoms. The van der Waals surface area contributed by atoms with Crippen molar-refractivity contribution < 1.29 is 18.0 Å². The third-order valence-electron chi connectivity index (χ3n) is 2.38. The highest BCUT2D eigenvalue weighted by Crippen LogP contribution is 2.36. The molecule has 0 unspecified atom stereocenters. The molecule has 0 aliphatic carbocycles. The Labute approximate surface area is 114 Å². The molecule has 0 aliphatic heterocycles. The van der Waals surface area contributed by atoms with Crippen LogP contribution in [0.2, 0.25) is 5.02 Å². The first-order valence-electron chi connectivity index (χ1n) is 5.23. The van der Waals surface area contributed by atoms with Gasteiger partial charge in [-0.1, -0.05) is 11.6 Å². The molecule has 1 heterocycles. The highest BCUT2D eigenvalue weighted by Gasteiger charge is 2.34. The topological polar surface area (TPSA) is 77.8 Å². The number of aromatic nitrogens is 2. The van der Waals surface area contributed by atoms with Crippen LogP contribution in [0.1, 0.15) is 16.1 Å². The first-order chi connectivity index (χ1) is 9.27. The molecule has 0 atom stereocenters. The summed E-state index contributed by atoms with van der Waals surface area (Å²) in [5, 5.41) is 6.30. The van der Waals surface area contributed by atoms with Crippen LogP contribution in [0.5, 0.6) is 0 Å². The lowest BCUT2D eigenvalue weighted by molar-refractivity contribution is -0.136. The average molecular weight is 306 g/mol. The number of alkyl halides is 3. The molecule has 1 amide bonds. The number of amides is 1. The number of H-pyrrole nitrogens is 2. The van der Waals surface area contributed by atoms with E-state index < -0.39 is 28.9 Å². The Kier molecular flexibility index (Phi) is 3.58. The van der Waals surface area contributed by atoms with Crippen LogP contribution >= 0.6 is 11.6 Å².